The number of furan rings is 1. The topological polar surface area (TPSA) is 52.9 Å². The van der Waals surface area contributed by atoms with Crippen molar-refractivity contribution in [2.45, 2.75) is 0 Å². The minimum atomic E-state index is -0.470. The molecule has 2 aromatic carbocycles. The Morgan fingerprint density at radius 3 is 2.37 bits per heavy atom. The zero-order valence-electron chi connectivity index (χ0n) is 15.4. The van der Waals surface area contributed by atoms with Crippen molar-refractivity contribution in [3.05, 3.63) is 48.5 Å². The van der Waals surface area contributed by atoms with Crippen LogP contribution < -0.4 is 10.1 Å². The number of alkyl halides is 1. The normalized spacial score (nSPS) is 11.0. The highest BCUT2D eigenvalue weighted by molar-refractivity contribution is 5.84. The summed E-state index contributed by atoms with van der Waals surface area (Å²) in [7, 11) is 1.89. The highest BCUT2D eigenvalue weighted by Crippen LogP contribution is 2.30. The molecule has 144 valence electrons. The van der Waals surface area contributed by atoms with Gasteiger partial charge in [0.15, 0.2) is 0 Å². The quantitative estimate of drug-likeness (QED) is 0.502. The Labute approximate surface area is 158 Å². The molecular weight excluding hydrogens is 348 g/mol. The molecule has 0 aliphatic carbocycles. The van der Waals surface area contributed by atoms with E-state index >= 15 is 0 Å². The molecule has 1 N–H and O–H groups in total. The Hall–Kier alpha value is -2.57. The van der Waals surface area contributed by atoms with Gasteiger partial charge >= 0.3 is 0 Å². The SMILES string of the molecule is CNc1ccc(-c2cc3cc(OCCOCCOCC[18F])ccc3o2)cc1. The van der Waals surface area contributed by atoms with Crippen LogP contribution >= 0.6 is 0 Å². The lowest BCUT2D eigenvalue weighted by Crippen LogP contribution is -2.11. The monoisotopic (exact) mass is 372 g/mol. The molecular formula is C21H24FNO4. The van der Waals surface area contributed by atoms with E-state index in [1.54, 1.807) is 0 Å². The van der Waals surface area contributed by atoms with Crippen LogP contribution in [0.5, 0.6) is 5.75 Å². The fraction of sp³-hybridized carbons (Fsp3) is 0.333. The van der Waals surface area contributed by atoms with Gasteiger partial charge in [0.05, 0.1) is 26.4 Å². The van der Waals surface area contributed by atoms with E-state index in [0.717, 1.165) is 33.7 Å². The van der Waals surface area contributed by atoms with E-state index in [2.05, 4.69) is 5.32 Å². The van der Waals surface area contributed by atoms with Gasteiger partial charge in [0.2, 0.25) is 0 Å². The average Bonchev–Trinajstić information content (AvgIpc) is 3.13. The summed E-state index contributed by atoms with van der Waals surface area (Å²) in [4.78, 5) is 0. The molecule has 3 rings (SSSR count). The Morgan fingerprint density at radius 2 is 1.63 bits per heavy atom. The third-order valence-corrected chi connectivity index (χ3v) is 4.04. The minimum Gasteiger partial charge on any atom is -0.491 e. The Kier molecular flexibility index (Phi) is 7.07. The number of hydrogen-bond donors (Lipinski definition) is 1. The largest absolute Gasteiger partial charge is 0.491 e. The summed E-state index contributed by atoms with van der Waals surface area (Å²) in [5.41, 5.74) is 2.90. The molecule has 3 aromatic rings. The van der Waals surface area contributed by atoms with Crippen molar-refractivity contribution in [3.63, 3.8) is 0 Å². The summed E-state index contributed by atoms with van der Waals surface area (Å²) in [6.07, 6.45) is 0. The maximum Gasteiger partial charge on any atom is 0.135 e. The first-order valence-corrected chi connectivity index (χ1v) is 8.96. The number of ether oxygens (including phenoxy) is 3. The van der Waals surface area contributed by atoms with Crippen molar-refractivity contribution in [3.8, 4) is 17.1 Å². The molecule has 1 heterocycles. The second-order valence-electron chi connectivity index (χ2n) is 5.90. The van der Waals surface area contributed by atoms with E-state index in [4.69, 9.17) is 18.6 Å². The summed E-state index contributed by atoms with van der Waals surface area (Å²) in [5.74, 6) is 1.58. The van der Waals surface area contributed by atoms with Crippen LogP contribution in [0, 0.1) is 0 Å². The predicted molar refractivity (Wildman–Crippen MR) is 104 cm³/mol. The van der Waals surface area contributed by atoms with Gasteiger partial charge in [-0.15, -0.1) is 0 Å². The van der Waals surface area contributed by atoms with E-state index in [1.807, 2.05) is 55.6 Å². The highest BCUT2D eigenvalue weighted by Gasteiger charge is 2.07. The van der Waals surface area contributed by atoms with Crippen LogP contribution in [0.2, 0.25) is 0 Å². The molecule has 0 fully saturated rings. The minimum absolute atomic E-state index is 0.117. The number of nitrogens with one attached hydrogen (secondary N) is 1. The Balaban J connectivity index is 1.52. The molecule has 0 bridgehead atoms. The molecule has 6 heteroatoms. The zero-order chi connectivity index (χ0) is 18.9. The first kappa shape index (κ1) is 19.2. The molecule has 0 amide bonds. The van der Waals surface area contributed by atoms with Crippen LogP contribution in [0.4, 0.5) is 10.1 Å². The lowest BCUT2D eigenvalue weighted by atomic mass is 10.1. The van der Waals surface area contributed by atoms with Gasteiger partial charge in [-0.25, -0.2) is 4.39 Å². The number of rotatable bonds is 11. The van der Waals surface area contributed by atoms with Crippen molar-refractivity contribution in [1.82, 2.24) is 0 Å². The molecule has 27 heavy (non-hydrogen) atoms. The van der Waals surface area contributed by atoms with E-state index in [1.165, 1.54) is 0 Å². The van der Waals surface area contributed by atoms with Crippen molar-refractivity contribution in [2.75, 3.05) is 52.1 Å². The number of hydrogen-bond acceptors (Lipinski definition) is 5. The number of anilines is 1. The number of halogens is 1. The standard InChI is InChI=1S/C21H24FNO4/c1-23-18-4-2-16(3-5-18)21-15-17-14-19(6-7-20(17)27-21)26-13-12-25-11-10-24-9-8-22/h2-7,14-15,23H,8-13H2,1H3/i22-1. The van der Waals surface area contributed by atoms with Gasteiger partial charge < -0.3 is 23.9 Å². The number of fused-ring (bicyclic) bond motifs is 1. The second kappa shape index (κ2) is 9.94. The summed E-state index contributed by atoms with van der Waals surface area (Å²) in [6.45, 7) is 1.36. The van der Waals surface area contributed by atoms with Gasteiger partial charge in [0, 0.05) is 23.7 Å². The van der Waals surface area contributed by atoms with Crippen LogP contribution in [0.1, 0.15) is 0 Å². The van der Waals surface area contributed by atoms with Crippen molar-refractivity contribution in [2.24, 2.45) is 0 Å². The molecule has 0 radical (unpaired) electrons. The first-order valence-electron chi connectivity index (χ1n) is 8.96. The van der Waals surface area contributed by atoms with Crippen LogP contribution in [0.15, 0.2) is 52.9 Å². The smallest absolute Gasteiger partial charge is 0.135 e. The average molecular weight is 372 g/mol. The van der Waals surface area contributed by atoms with E-state index in [9.17, 15) is 4.39 Å². The van der Waals surface area contributed by atoms with Crippen LogP contribution in [0.3, 0.4) is 0 Å². The van der Waals surface area contributed by atoms with Crippen molar-refractivity contribution >= 4 is 16.7 Å². The van der Waals surface area contributed by atoms with E-state index in [0.29, 0.717) is 26.4 Å². The first-order chi connectivity index (χ1) is 13.3. The molecule has 0 aliphatic heterocycles. The summed E-state index contributed by atoms with van der Waals surface area (Å²) >= 11 is 0. The van der Waals surface area contributed by atoms with Gasteiger partial charge in [0.25, 0.3) is 0 Å². The third-order valence-electron chi connectivity index (χ3n) is 4.04. The molecule has 0 saturated heterocycles. The molecule has 5 nitrogen and oxygen atoms in total. The zero-order valence-corrected chi connectivity index (χ0v) is 15.4. The van der Waals surface area contributed by atoms with Crippen molar-refractivity contribution in [1.29, 1.82) is 0 Å². The summed E-state index contributed by atoms with van der Waals surface area (Å²) < 4.78 is 33.9. The maximum absolute atomic E-state index is 11.9. The molecule has 0 saturated carbocycles. The lowest BCUT2D eigenvalue weighted by molar-refractivity contribution is 0.0325. The lowest BCUT2D eigenvalue weighted by Gasteiger charge is -2.07. The summed E-state index contributed by atoms with van der Waals surface area (Å²) in [5, 5.41) is 4.09. The van der Waals surface area contributed by atoms with Crippen LogP contribution in [0.25, 0.3) is 22.3 Å². The third kappa shape index (κ3) is 5.45. The highest BCUT2D eigenvalue weighted by atomic mass is 18.2. The molecule has 0 aliphatic rings. The van der Waals surface area contributed by atoms with Crippen molar-refractivity contribution < 1.29 is 23.0 Å². The van der Waals surface area contributed by atoms with Gasteiger partial charge in [-0.1, -0.05) is 0 Å². The Morgan fingerprint density at radius 1 is 0.889 bits per heavy atom. The van der Waals surface area contributed by atoms with Crippen LogP contribution in [-0.4, -0.2) is 46.8 Å². The Bertz CT molecular complexity index is 832. The fourth-order valence-electron chi connectivity index (χ4n) is 2.65. The van der Waals surface area contributed by atoms with E-state index in [-0.39, 0.29) is 6.61 Å². The van der Waals surface area contributed by atoms with E-state index < -0.39 is 6.67 Å². The fourth-order valence-corrected chi connectivity index (χ4v) is 2.65. The van der Waals surface area contributed by atoms with Gasteiger partial charge in [-0.2, -0.15) is 0 Å². The van der Waals surface area contributed by atoms with Gasteiger partial charge in [-0.3, -0.25) is 0 Å². The molecule has 1 aromatic heterocycles. The molecule has 0 spiro atoms. The predicted octanol–water partition coefficient (Wildman–Crippen LogP) is 4.52. The number of benzene rings is 2. The summed E-state index contributed by atoms with van der Waals surface area (Å²) in [6, 6.07) is 15.8. The molecule has 0 unspecified atom stereocenters. The van der Waals surface area contributed by atoms with Gasteiger partial charge in [0.1, 0.15) is 30.4 Å². The van der Waals surface area contributed by atoms with Crippen LogP contribution in [-0.2, 0) is 9.47 Å². The molecule has 0 atom stereocenters. The van der Waals surface area contributed by atoms with Gasteiger partial charge in [-0.05, 0) is 48.5 Å². The second-order valence-corrected chi connectivity index (χ2v) is 5.90. The maximum atomic E-state index is 11.9.